The first-order chi connectivity index (χ1) is 10.1. The number of anilines is 1. The molecule has 22 heavy (non-hydrogen) atoms. The largest absolute Gasteiger partial charge is 0.449 e. The molecule has 2 aromatic rings. The molecule has 118 valence electrons. The number of hydrogen-bond donors (Lipinski definition) is 1. The van der Waals surface area contributed by atoms with Crippen molar-refractivity contribution in [2.45, 2.75) is 32.4 Å². The number of rotatable bonds is 1. The number of fused-ring (bicyclic) bond motifs is 2. The number of carbonyl (C=O) groups is 1. The van der Waals surface area contributed by atoms with Crippen molar-refractivity contribution >= 4 is 22.7 Å². The summed E-state index contributed by atoms with van der Waals surface area (Å²) >= 11 is 0. The van der Waals surface area contributed by atoms with Crippen molar-refractivity contribution in [1.82, 2.24) is 9.97 Å². The summed E-state index contributed by atoms with van der Waals surface area (Å²) in [6.45, 7) is 5.57. The van der Waals surface area contributed by atoms with Crippen molar-refractivity contribution in [2.75, 3.05) is 11.6 Å². The van der Waals surface area contributed by atoms with Gasteiger partial charge in [-0.2, -0.15) is 13.2 Å². The topological polar surface area (TPSA) is 58.2 Å². The van der Waals surface area contributed by atoms with Crippen molar-refractivity contribution in [3.8, 4) is 0 Å². The Morgan fingerprint density at radius 2 is 2.09 bits per heavy atom. The molecule has 0 saturated heterocycles. The average molecular weight is 313 g/mol. The standard InChI is InChI=1S/C14H14F3N3O2/c1-7(21)22-20-6-13(2,3)8-4-9-10(5-11(8)20)19-12(18-9)14(15,16)17/h4-5H,6H2,1-3H3,(H,18,19). The highest BCUT2D eigenvalue weighted by atomic mass is 19.4. The Hall–Kier alpha value is -2.25. The maximum atomic E-state index is 12.8. The van der Waals surface area contributed by atoms with Gasteiger partial charge >= 0.3 is 12.1 Å². The van der Waals surface area contributed by atoms with Crippen LogP contribution in [0.2, 0.25) is 0 Å². The minimum Gasteiger partial charge on any atom is -0.341 e. The van der Waals surface area contributed by atoms with E-state index in [1.54, 1.807) is 6.07 Å². The van der Waals surface area contributed by atoms with E-state index in [0.717, 1.165) is 5.56 Å². The van der Waals surface area contributed by atoms with Gasteiger partial charge in [-0.05, 0) is 17.7 Å². The number of carbonyl (C=O) groups excluding carboxylic acids is 1. The zero-order chi connectivity index (χ0) is 16.3. The Labute approximate surface area is 124 Å². The Morgan fingerprint density at radius 3 is 2.68 bits per heavy atom. The number of aromatic amines is 1. The second kappa shape index (κ2) is 4.37. The fourth-order valence-corrected chi connectivity index (χ4v) is 2.69. The van der Waals surface area contributed by atoms with Gasteiger partial charge in [0.1, 0.15) is 0 Å². The Kier molecular flexibility index (Phi) is 2.92. The number of alkyl halides is 3. The third-order valence-corrected chi connectivity index (χ3v) is 3.64. The zero-order valence-corrected chi connectivity index (χ0v) is 12.2. The number of benzene rings is 1. The third-order valence-electron chi connectivity index (χ3n) is 3.64. The summed E-state index contributed by atoms with van der Waals surface area (Å²) in [7, 11) is 0. The molecule has 0 radical (unpaired) electrons. The van der Waals surface area contributed by atoms with E-state index < -0.39 is 18.0 Å². The number of H-pyrrole nitrogens is 1. The van der Waals surface area contributed by atoms with Crippen molar-refractivity contribution in [3.63, 3.8) is 0 Å². The summed E-state index contributed by atoms with van der Waals surface area (Å²) in [5.74, 6) is -1.52. The maximum Gasteiger partial charge on any atom is 0.449 e. The van der Waals surface area contributed by atoms with Crippen LogP contribution in [0.4, 0.5) is 18.9 Å². The summed E-state index contributed by atoms with van der Waals surface area (Å²) in [6, 6.07) is 3.14. The van der Waals surface area contributed by atoms with Gasteiger partial charge in [0.05, 0.1) is 23.3 Å². The van der Waals surface area contributed by atoms with E-state index >= 15 is 0 Å². The molecule has 0 aliphatic carbocycles. The van der Waals surface area contributed by atoms with E-state index in [2.05, 4.69) is 9.97 Å². The lowest BCUT2D eigenvalue weighted by molar-refractivity contribution is -0.144. The zero-order valence-electron chi connectivity index (χ0n) is 12.2. The number of imidazole rings is 1. The van der Waals surface area contributed by atoms with Gasteiger partial charge in [-0.1, -0.05) is 13.8 Å². The van der Waals surface area contributed by atoms with Crippen LogP contribution in [0.5, 0.6) is 0 Å². The van der Waals surface area contributed by atoms with Gasteiger partial charge in [0.15, 0.2) is 0 Å². The van der Waals surface area contributed by atoms with Gasteiger partial charge in [-0.3, -0.25) is 4.79 Å². The van der Waals surface area contributed by atoms with Gasteiger partial charge in [-0.15, -0.1) is 0 Å². The highest BCUT2D eigenvalue weighted by molar-refractivity contribution is 5.84. The molecule has 2 heterocycles. The van der Waals surface area contributed by atoms with Crippen LogP contribution < -0.4 is 5.06 Å². The second-order valence-corrected chi connectivity index (χ2v) is 5.97. The van der Waals surface area contributed by atoms with Gasteiger partial charge < -0.3 is 9.82 Å². The molecule has 1 aliphatic heterocycles. The summed E-state index contributed by atoms with van der Waals surface area (Å²) in [4.78, 5) is 22.2. The highest BCUT2D eigenvalue weighted by Crippen LogP contribution is 2.43. The van der Waals surface area contributed by atoms with Crippen LogP contribution in [0.25, 0.3) is 11.0 Å². The Balaban J connectivity index is 2.15. The van der Waals surface area contributed by atoms with Crippen LogP contribution in [0.3, 0.4) is 0 Å². The van der Waals surface area contributed by atoms with Gasteiger partial charge in [0.2, 0.25) is 5.82 Å². The number of hydrogen-bond acceptors (Lipinski definition) is 4. The quantitative estimate of drug-likeness (QED) is 0.878. The number of aromatic nitrogens is 2. The van der Waals surface area contributed by atoms with Crippen molar-refractivity contribution in [1.29, 1.82) is 0 Å². The lowest BCUT2D eigenvalue weighted by Crippen LogP contribution is -2.30. The minimum atomic E-state index is -4.53. The number of hydroxylamine groups is 1. The molecule has 1 aromatic heterocycles. The van der Waals surface area contributed by atoms with Crippen LogP contribution in [-0.4, -0.2) is 22.5 Å². The molecule has 0 fully saturated rings. The number of halogens is 3. The molecule has 0 bridgehead atoms. The molecular formula is C14H14F3N3O2. The van der Waals surface area contributed by atoms with Crippen molar-refractivity contribution in [2.24, 2.45) is 0 Å². The second-order valence-electron chi connectivity index (χ2n) is 5.97. The van der Waals surface area contributed by atoms with Crippen molar-refractivity contribution < 1.29 is 22.8 Å². The first kappa shape index (κ1) is 14.7. The number of nitrogens with one attached hydrogen (secondary N) is 1. The predicted octanol–water partition coefficient (Wildman–Crippen LogP) is 3.16. The molecule has 1 N–H and O–H groups in total. The molecule has 0 spiro atoms. The maximum absolute atomic E-state index is 12.8. The van der Waals surface area contributed by atoms with Gasteiger partial charge in [0.25, 0.3) is 0 Å². The fourth-order valence-electron chi connectivity index (χ4n) is 2.69. The Bertz CT molecular complexity index is 765. The van der Waals surface area contributed by atoms with E-state index in [0.29, 0.717) is 17.7 Å². The predicted molar refractivity (Wildman–Crippen MR) is 73.2 cm³/mol. The SMILES string of the molecule is CC(=O)ON1CC(C)(C)c2cc3[nH]c(C(F)(F)F)nc3cc21. The smallest absolute Gasteiger partial charge is 0.341 e. The lowest BCUT2D eigenvalue weighted by Gasteiger charge is -2.20. The first-order valence-corrected chi connectivity index (χ1v) is 6.65. The van der Waals surface area contributed by atoms with Crippen LogP contribution in [0.15, 0.2) is 12.1 Å². The molecule has 0 amide bonds. The van der Waals surface area contributed by atoms with E-state index in [9.17, 15) is 18.0 Å². The lowest BCUT2D eigenvalue weighted by atomic mass is 9.87. The van der Waals surface area contributed by atoms with Crippen LogP contribution >= 0.6 is 0 Å². The van der Waals surface area contributed by atoms with Crippen LogP contribution in [0, 0.1) is 0 Å². The molecule has 8 heteroatoms. The summed E-state index contributed by atoms with van der Waals surface area (Å²) < 4.78 is 38.3. The monoisotopic (exact) mass is 313 g/mol. The van der Waals surface area contributed by atoms with Crippen LogP contribution in [-0.2, 0) is 21.2 Å². The molecule has 3 rings (SSSR count). The van der Waals surface area contributed by atoms with E-state index in [-0.39, 0.29) is 10.9 Å². The Morgan fingerprint density at radius 1 is 1.41 bits per heavy atom. The summed E-state index contributed by atoms with van der Waals surface area (Å²) in [5.41, 5.74) is 1.50. The van der Waals surface area contributed by atoms with E-state index in [1.165, 1.54) is 18.1 Å². The fraction of sp³-hybridized carbons (Fsp3) is 0.429. The molecule has 0 unspecified atom stereocenters. The van der Waals surface area contributed by atoms with Crippen molar-refractivity contribution in [3.05, 3.63) is 23.5 Å². The van der Waals surface area contributed by atoms with E-state index in [1.807, 2.05) is 13.8 Å². The molecule has 0 saturated carbocycles. The number of nitrogens with zero attached hydrogens (tertiary/aromatic N) is 2. The molecule has 0 atom stereocenters. The highest BCUT2D eigenvalue weighted by Gasteiger charge is 2.39. The molecule has 1 aromatic carbocycles. The third kappa shape index (κ3) is 2.28. The minimum absolute atomic E-state index is 0.181. The normalized spacial score (nSPS) is 16.9. The molecular weight excluding hydrogens is 299 g/mol. The summed E-state index contributed by atoms with van der Waals surface area (Å²) in [6.07, 6.45) is -4.53. The summed E-state index contributed by atoms with van der Waals surface area (Å²) in [5, 5.41) is 1.40. The van der Waals surface area contributed by atoms with Gasteiger partial charge in [-0.25, -0.2) is 10.0 Å². The van der Waals surface area contributed by atoms with E-state index in [4.69, 9.17) is 4.84 Å². The van der Waals surface area contributed by atoms with Gasteiger partial charge in [0, 0.05) is 12.3 Å². The average Bonchev–Trinajstić information content (AvgIpc) is 2.86. The molecule has 5 nitrogen and oxygen atoms in total. The van der Waals surface area contributed by atoms with Crippen LogP contribution in [0.1, 0.15) is 32.2 Å². The molecule has 1 aliphatic rings. The first-order valence-electron chi connectivity index (χ1n) is 6.65.